The number of ketones is 1. The summed E-state index contributed by atoms with van der Waals surface area (Å²) in [7, 11) is 0. The summed E-state index contributed by atoms with van der Waals surface area (Å²) >= 11 is 6.31. The van der Waals surface area contributed by atoms with Crippen LogP contribution < -0.4 is 15.0 Å². The average molecular weight is 585 g/mol. The van der Waals surface area contributed by atoms with Crippen LogP contribution in [-0.2, 0) is 16.0 Å². The number of nitrogens with one attached hydrogen (secondary N) is 1. The van der Waals surface area contributed by atoms with Crippen LogP contribution in [0.3, 0.4) is 0 Å². The SMILES string of the molecule is CCC(=O)N(CCCOc1ccc(C[C@H](Nc2ccccc2C(=O)c2ccccc2)C(=O)O)cc1)c1ccccc1Cl. The summed E-state index contributed by atoms with van der Waals surface area (Å²) in [6, 6.07) is 29.4. The summed E-state index contributed by atoms with van der Waals surface area (Å²) in [5.74, 6) is -0.579. The van der Waals surface area contributed by atoms with Crippen molar-refractivity contribution in [2.75, 3.05) is 23.4 Å². The maximum atomic E-state index is 13.1. The van der Waals surface area contributed by atoms with Gasteiger partial charge in [0.05, 0.1) is 17.3 Å². The fraction of sp³-hybridized carbons (Fsp3) is 0.206. The monoisotopic (exact) mass is 584 g/mol. The van der Waals surface area contributed by atoms with E-state index in [1.54, 1.807) is 71.6 Å². The number of nitrogens with zero attached hydrogens (tertiary/aromatic N) is 1. The number of anilines is 2. The molecule has 0 saturated heterocycles. The van der Waals surface area contributed by atoms with Crippen molar-refractivity contribution < 1.29 is 24.2 Å². The zero-order valence-electron chi connectivity index (χ0n) is 23.3. The van der Waals surface area contributed by atoms with Gasteiger partial charge < -0.3 is 20.1 Å². The molecule has 0 unspecified atom stereocenters. The number of carbonyl (C=O) groups excluding carboxylic acids is 2. The Balaban J connectivity index is 1.35. The minimum atomic E-state index is -1.03. The van der Waals surface area contributed by atoms with E-state index in [2.05, 4.69) is 5.32 Å². The quantitative estimate of drug-likeness (QED) is 0.124. The first kappa shape index (κ1) is 30.3. The lowest BCUT2D eigenvalue weighted by atomic mass is 10.00. The molecule has 8 heteroatoms. The molecule has 42 heavy (non-hydrogen) atoms. The first-order chi connectivity index (χ1) is 20.4. The smallest absolute Gasteiger partial charge is 0.326 e. The number of carboxylic acids is 1. The van der Waals surface area contributed by atoms with E-state index in [1.165, 1.54) is 0 Å². The van der Waals surface area contributed by atoms with Gasteiger partial charge in [0.1, 0.15) is 11.8 Å². The second-order valence-electron chi connectivity index (χ2n) is 9.68. The summed E-state index contributed by atoms with van der Waals surface area (Å²) in [6.45, 7) is 2.68. The molecule has 0 bridgehead atoms. The normalized spacial score (nSPS) is 11.4. The molecule has 1 amide bonds. The van der Waals surface area contributed by atoms with Crippen LogP contribution >= 0.6 is 11.6 Å². The lowest BCUT2D eigenvalue weighted by Gasteiger charge is -2.23. The van der Waals surface area contributed by atoms with Crippen molar-refractivity contribution in [3.8, 4) is 5.75 Å². The molecule has 0 saturated carbocycles. The number of carbonyl (C=O) groups is 3. The van der Waals surface area contributed by atoms with Crippen LogP contribution in [0.1, 0.15) is 41.3 Å². The number of hydrogen-bond donors (Lipinski definition) is 2. The van der Waals surface area contributed by atoms with Crippen molar-refractivity contribution in [3.05, 3.63) is 125 Å². The number of amides is 1. The molecule has 0 aromatic heterocycles. The molecule has 2 N–H and O–H groups in total. The van der Waals surface area contributed by atoms with Crippen molar-refractivity contribution in [3.63, 3.8) is 0 Å². The van der Waals surface area contributed by atoms with Gasteiger partial charge in [0, 0.05) is 36.2 Å². The molecule has 0 aliphatic rings. The molecule has 4 aromatic rings. The van der Waals surface area contributed by atoms with Crippen LogP contribution in [-0.4, -0.2) is 42.0 Å². The fourth-order valence-corrected chi connectivity index (χ4v) is 4.79. The minimum absolute atomic E-state index is 0.0129. The lowest BCUT2D eigenvalue weighted by molar-refractivity contribution is -0.137. The third-order valence-corrected chi connectivity index (χ3v) is 7.06. The van der Waals surface area contributed by atoms with Crippen LogP contribution in [0.5, 0.6) is 5.75 Å². The fourth-order valence-electron chi connectivity index (χ4n) is 4.55. The molecule has 0 fully saturated rings. The summed E-state index contributed by atoms with van der Waals surface area (Å²) in [5.41, 5.74) is 2.89. The Bertz CT molecular complexity index is 1510. The van der Waals surface area contributed by atoms with E-state index >= 15 is 0 Å². The van der Waals surface area contributed by atoms with Crippen LogP contribution in [0.2, 0.25) is 5.02 Å². The zero-order valence-corrected chi connectivity index (χ0v) is 24.1. The second kappa shape index (κ2) is 14.8. The van der Waals surface area contributed by atoms with E-state index in [1.807, 2.05) is 43.3 Å². The molecule has 0 aliphatic carbocycles. The highest BCUT2D eigenvalue weighted by molar-refractivity contribution is 6.33. The Hall–Kier alpha value is -4.62. The highest BCUT2D eigenvalue weighted by Crippen LogP contribution is 2.26. The van der Waals surface area contributed by atoms with Gasteiger partial charge in [-0.25, -0.2) is 4.79 Å². The highest BCUT2D eigenvalue weighted by atomic mass is 35.5. The maximum absolute atomic E-state index is 13.1. The van der Waals surface area contributed by atoms with Gasteiger partial charge in [-0.1, -0.05) is 85.3 Å². The third-order valence-electron chi connectivity index (χ3n) is 6.74. The van der Waals surface area contributed by atoms with Crippen molar-refractivity contribution in [2.24, 2.45) is 0 Å². The van der Waals surface area contributed by atoms with Gasteiger partial charge in [-0.2, -0.15) is 0 Å². The summed E-state index contributed by atoms with van der Waals surface area (Å²) in [4.78, 5) is 39.4. The minimum Gasteiger partial charge on any atom is -0.494 e. The predicted molar refractivity (Wildman–Crippen MR) is 166 cm³/mol. The number of carboxylic acid groups (broad SMARTS) is 1. The second-order valence-corrected chi connectivity index (χ2v) is 10.1. The first-order valence-corrected chi connectivity index (χ1v) is 14.2. The molecule has 0 spiro atoms. The highest BCUT2D eigenvalue weighted by Gasteiger charge is 2.21. The molecule has 1 atom stereocenters. The molecule has 7 nitrogen and oxygen atoms in total. The molecule has 0 heterocycles. The Morgan fingerprint density at radius 3 is 2.24 bits per heavy atom. The Kier molecular flexibility index (Phi) is 10.7. The van der Waals surface area contributed by atoms with E-state index in [0.717, 1.165) is 5.56 Å². The van der Waals surface area contributed by atoms with Crippen molar-refractivity contribution in [1.29, 1.82) is 0 Å². The maximum Gasteiger partial charge on any atom is 0.326 e. The molecule has 4 rings (SSSR count). The number of aliphatic carboxylic acids is 1. The van der Waals surface area contributed by atoms with E-state index in [-0.39, 0.29) is 18.1 Å². The summed E-state index contributed by atoms with van der Waals surface area (Å²) in [6.07, 6.45) is 1.18. The number of halogens is 1. The average Bonchev–Trinajstić information content (AvgIpc) is 3.02. The number of ether oxygens (including phenoxy) is 1. The molecule has 0 radical (unpaired) electrons. The zero-order chi connectivity index (χ0) is 29.9. The van der Waals surface area contributed by atoms with E-state index in [0.29, 0.717) is 59.3 Å². The first-order valence-electron chi connectivity index (χ1n) is 13.8. The van der Waals surface area contributed by atoms with Gasteiger partial charge in [-0.3, -0.25) is 9.59 Å². The topological polar surface area (TPSA) is 95.9 Å². The van der Waals surface area contributed by atoms with Crippen LogP contribution in [0.25, 0.3) is 0 Å². The van der Waals surface area contributed by atoms with Gasteiger partial charge in [0.2, 0.25) is 5.91 Å². The van der Waals surface area contributed by atoms with Crippen LogP contribution in [0.15, 0.2) is 103 Å². The molecule has 0 aliphatic heterocycles. The molecular weight excluding hydrogens is 552 g/mol. The van der Waals surface area contributed by atoms with Crippen LogP contribution in [0, 0.1) is 0 Å². The number of hydrogen-bond acceptors (Lipinski definition) is 5. The van der Waals surface area contributed by atoms with Gasteiger partial charge in [0.15, 0.2) is 5.78 Å². The Morgan fingerprint density at radius 1 is 0.881 bits per heavy atom. The predicted octanol–water partition coefficient (Wildman–Crippen LogP) is 6.89. The standard InChI is InChI=1S/C34H33ClN2O5/c1-2-32(38)37(31-16-9-7-14-28(31)35)21-10-22-42-26-19-17-24(18-20-26)23-30(34(40)41)36-29-15-8-6-13-27(29)33(39)25-11-4-3-5-12-25/h3-9,11-20,30,36H,2,10,21-23H2,1H3,(H,40,41)/t30-/m0/s1. The van der Waals surface area contributed by atoms with Crippen molar-refractivity contribution in [2.45, 2.75) is 32.2 Å². The number of para-hydroxylation sites is 2. The van der Waals surface area contributed by atoms with Crippen molar-refractivity contribution >= 4 is 40.6 Å². The number of benzene rings is 4. The van der Waals surface area contributed by atoms with E-state index in [9.17, 15) is 19.5 Å². The van der Waals surface area contributed by atoms with Gasteiger partial charge in [-0.15, -0.1) is 0 Å². The van der Waals surface area contributed by atoms with E-state index < -0.39 is 12.0 Å². The van der Waals surface area contributed by atoms with E-state index in [4.69, 9.17) is 16.3 Å². The third kappa shape index (κ3) is 7.98. The van der Waals surface area contributed by atoms with Gasteiger partial charge >= 0.3 is 5.97 Å². The molecule has 4 aromatic carbocycles. The van der Waals surface area contributed by atoms with Gasteiger partial charge in [0.25, 0.3) is 0 Å². The largest absolute Gasteiger partial charge is 0.494 e. The van der Waals surface area contributed by atoms with Crippen molar-refractivity contribution in [1.82, 2.24) is 0 Å². The summed E-state index contributed by atoms with van der Waals surface area (Å²) < 4.78 is 5.88. The Labute approximate surface area is 250 Å². The van der Waals surface area contributed by atoms with Gasteiger partial charge in [-0.05, 0) is 48.4 Å². The molecule has 216 valence electrons. The molecular formula is C34H33ClN2O5. The number of rotatable bonds is 14. The lowest BCUT2D eigenvalue weighted by Crippen LogP contribution is -2.32. The summed E-state index contributed by atoms with van der Waals surface area (Å²) in [5, 5.41) is 13.5. The Morgan fingerprint density at radius 2 is 1.55 bits per heavy atom. The van der Waals surface area contributed by atoms with Crippen LogP contribution in [0.4, 0.5) is 11.4 Å².